The summed E-state index contributed by atoms with van der Waals surface area (Å²) in [5.41, 5.74) is 0.160. The fourth-order valence-electron chi connectivity index (χ4n) is 2.19. The van der Waals surface area contributed by atoms with Crippen molar-refractivity contribution in [2.24, 2.45) is 0 Å². The molecule has 1 aromatic heterocycles. The van der Waals surface area contributed by atoms with Crippen molar-refractivity contribution < 1.29 is 17.7 Å². The van der Waals surface area contributed by atoms with Crippen LogP contribution in [0.3, 0.4) is 0 Å². The fraction of sp³-hybridized carbons (Fsp3) is 0.500. The summed E-state index contributed by atoms with van der Waals surface area (Å²) in [7, 11) is 1.85. The van der Waals surface area contributed by atoms with Crippen LogP contribution in [0.15, 0.2) is 28.8 Å². The highest BCUT2D eigenvalue weighted by molar-refractivity contribution is 5.24. The average Bonchev–Trinajstić information content (AvgIpc) is 2.92. The van der Waals surface area contributed by atoms with Gasteiger partial charge in [-0.1, -0.05) is 30.6 Å². The van der Waals surface area contributed by atoms with Crippen molar-refractivity contribution in [1.82, 2.24) is 15.0 Å². The number of nitrogens with zero attached hydrogens (tertiary/aromatic N) is 3. The number of aromatic nitrogens is 2. The summed E-state index contributed by atoms with van der Waals surface area (Å²) in [6, 6.07) is 5.16. The lowest BCUT2D eigenvalue weighted by Gasteiger charge is -2.14. The van der Waals surface area contributed by atoms with Gasteiger partial charge in [0.15, 0.2) is 5.82 Å². The van der Waals surface area contributed by atoms with Crippen molar-refractivity contribution in [3.8, 4) is 0 Å². The van der Waals surface area contributed by atoms with Gasteiger partial charge in [-0.15, -0.1) is 0 Å². The zero-order valence-corrected chi connectivity index (χ0v) is 13.2. The van der Waals surface area contributed by atoms with E-state index in [4.69, 9.17) is 4.52 Å². The van der Waals surface area contributed by atoms with Gasteiger partial charge in [-0.25, -0.2) is 0 Å². The van der Waals surface area contributed by atoms with Crippen LogP contribution in [-0.2, 0) is 25.7 Å². The maximum atomic E-state index is 12.5. The number of rotatable bonds is 7. The van der Waals surface area contributed by atoms with Gasteiger partial charge < -0.3 is 4.52 Å². The third-order valence-corrected chi connectivity index (χ3v) is 3.40. The van der Waals surface area contributed by atoms with Crippen LogP contribution in [-0.4, -0.2) is 22.1 Å². The lowest BCUT2D eigenvalue weighted by Crippen LogP contribution is -2.17. The minimum atomic E-state index is -4.30. The Morgan fingerprint density at radius 1 is 1.13 bits per heavy atom. The number of benzene rings is 1. The van der Waals surface area contributed by atoms with Gasteiger partial charge in [-0.3, -0.25) is 4.90 Å². The van der Waals surface area contributed by atoms with Crippen LogP contribution in [0.4, 0.5) is 13.2 Å². The molecule has 2 rings (SSSR count). The van der Waals surface area contributed by atoms with E-state index in [1.54, 1.807) is 0 Å². The van der Waals surface area contributed by atoms with Crippen LogP contribution in [0.2, 0.25) is 0 Å². The SMILES string of the molecule is CCCCc1noc(CN(C)Cc2ccc(C(F)(F)F)cc2)n1. The Hall–Kier alpha value is -1.89. The highest BCUT2D eigenvalue weighted by atomic mass is 19.4. The summed E-state index contributed by atoms with van der Waals surface area (Å²) >= 11 is 0. The third-order valence-electron chi connectivity index (χ3n) is 3.40. The molecule has 0 aliphatic carbocycles. The van der Waals surface area contributed by atoms with Crippen LogP contribution in [0.25, 0.3) is 0 Å². The van der Waals surface area contributed by atoms with E-state index >= 15 is 0 Å². The Morgan fingerprint density at radius 2 is 1.83 bits per heavy atom. The van der Waals surface area contributed by atoms with E-state index in [9.17, 15) is 13.2 Å². The molecule has 0 spiro atoms. The minimum absolute atomic E-state index is 0.458. The van der Waals surface area contributed by atoms with Crippen molar-refractivity contribution in [3.63, 3.8) is 0 Å². The number of unbranched alkanes of at least 4 members (excludes halogenated alkanes) is 1. The second-order valence-corrected chi connectivity index (χ2v) is 5.57. The molecule has 2 aromatic rings. The summed E-state index contributed by atoms with van der Waals surface area (Å²) < 4.78 is 42.7. The Bertz CT molecular complexity index is 608. The molecule has 0 atom stereocenters. The molecular formula is C16H20F3N3O. The summed E-state index contributed by atoms with van der Waals surface area (Å²) in [6.45, 7) is 3.06. The van der Waals surface area contributed by atoms with E-state index in [-0.39, 0.29) is 0 Å². The first-order valence-electron chi connectivity index (χ1n) is 7.54. The largest absolute Gasteiger partial charge is 0.416 e. The molecule has 0 radical (unpaired) electrons. The first kappa shape index (κ1) is 17.5. The Balaban J connectivity index is 1.89. The molecule has 0 amide bonds. The molecule has 0 aliphatic heterocycles. The van der Waals surface area contributed by atoms with Crippen molar-refractivity contribution in [1.29, 1.82) is 0 Å². The predicted molar refractivity (Wildman–Crippen MR) is 79.5 cm³/mol. The topological polar surface area (TPSA) is 42.2 Å². The Morgan fingerprint density at radius 3 is 2.43 bits per heavy atom. The molecule has 23 heavy (non-hydrogen) atoms. The lowest BCUT2D eigenvalue weighted by atomic mass is 10.1. The molecule has 126 valence electrons. The maximum Gasteiger partial charge on any atom is 0.416 e. The van der Waals surface area contributed by atoms with Crippen molar-refractivity contribution >= 4 is 0 Å². The average molecular weight is 327 g/mol. The van der Waals surface area contributed by atoms with Crippen LogP contribution < -0.4 is 0 Å². The number of aryl methyl sites for hydroxylation is 1. The molecule has 0 aliphatic rings. The van der Waals surface area contributed by atoms with E-state index < -0.39 is 11.7 Å². The zero-order chi connectivity index (χ0) is 16.9. The molecule has 0 N–H and O–H groups in total. The van der Waals surface area contributed by atoms with Gasteiger partial charge in [0, 0.05) is 13.0 Å². The van der Waals surface area contributed by atoms with E-state index in [1.807, 2.05) is 11.9 Å². The van der Waals surface area contributed by atoms with E-state index in [0.717, 1.165) is 37.0 Å². The normalized spacial score (nSPS) is 12.1. The number of hydrogen-bond acceptors (Lipinski definition) is 4. The monoisotopic (exact) mass is 327 g/mol. The smallest absolute Gasteiger partial charge is 0.338 e. The molecule has 0 bridgehead atoms. The van der Waals surface area contributed by atoms with Gasteiger partial charge in [0.05, 0.1) is 12.1 Å². The minimum Gasteiger partial charge on any atom is -0.338 e. The Kier molecular flexibility index (Phi) is 5.76. The molecule has 4 nitrogen and oxygen atoms in total. The van der Waals surface area contributed by atoms with E-state index in [1.165, 1.54) is 12.1 Å². The molecule has 1 heterocycles. The van der Waals surface area contributed by atoms with Gasteiger partial charge in [0.25, 0.3) is 0 Å². The molecular weight excluding hydrogens is 307 g/mol. The van der Waals surface area contributed by atoms with Crippen LogP contribution in [0, 0.1) is 0 Å². The molecule has 7 heteroatoms. The van der Waals surface area contributed by atoms with Crippen LogP contribution in [0.5, 0.6) is 0 Å². The summed E-state index contributed by atoms with van der Waals surface area (Å²) in [5, 5.41) is 3.91. The Labute approximate surface area is 133 Å². The molecule has 0 saturated heterocycles. The van der Waals surface area contributed by atoms with Crippen molar-refractivity contribution in [3.05, 3.63) is 47.1 Å². The highest BCUT2D eigenvalue weighted by Crippen LogP contribution is 2.29. The second kappa shape index (κ2) is 7.59. The van der Waals surface area contributed by atoms with Gasteiger partial charge in [0.1, 0.15) is 0 Å². The summed E-state index contributed by atoms with van der Waals surface area (Å²) in [4.78, 5) is 6.22. The first-order valence-corrected chi connectivity index (χ1v) is 7.54. The quantitative estimate of drug-likeness (QED) is 0.769. The van der Waals surface area contributed by atoms with E-state index in [2.05, 4.69) is 17.1 Å². The molecule has 0 fully saturated rings. The zero-order valence-electron chi connectivity index (χ0n) is 13.2. The highest BCUT2D eigenvalue weighted by Gasteiger charge is 2.29. The van der Waals surface area contributed by atoms with Crippen LogP contribution in [0.1, 0.15) is 42.6 Å². The summed E-state index contributed by atoms with van der Waals surface area (Å²) in [5.74, 6) is 1.22. The third kappa shape index (κ3) is 5.35. The van der Waals surface area contributed by atoms with Gasteiger partial charge in [-0.05, 0) is 31.2 Å². The number of alkyl halides is 3. The lowest BCUT2D eigenvalue weighted by molar-refractivity contribution is -0.137. The van der Waals surface area contributed by atoms with Crippen molar-refractivity contribution in [2.45, 2.75) is 45.5 Å². The van der Waals surface area contributed by atoms with E-state index in [0.29, 0.717) is 24.8 Å². The van der Waals surface area contributed by atoms with Gasteiger partial charge >= 0.3 is 6.18 Å². The summed E-state index contributed by atoms with van der Waals surface area (Å²) in [6.07, 6.45) is -1.43. The van der Waals surface area contributed by atoms with Crippen molar-refractivity contribution in [2.75, 3.05) is 7.05 Å². The first-order chi connectivity index (χ1) is 10.9. The molecule has 1 aromatic carbocycles. The fourth-order valence-corrected chi connectivity index (χ4v) is 2.19. The maximum absolute atomic E-state index is 12.5. The predicted octanol–water partition coefficient (Wildman–Crippen LogP) is 4.06. The molecule has 0 unspecified atom stereocenters. The number of hydrogen-bond donors (Lipinski definition) is 0. The van der Waals surface area contributed by atoms with Gasteiger partial charge in [-0.2, -0.15) is 18.2 Å². The molecule has 0 saturated carbocycles. The second-order valence-electron chi connectivity index (χ2n) is 5.57. The standard InChI is InChI=1S/C16H20F3N3O/c1-3-4-5-14-20-15(23-21-14)11-22(2)10-12-6-8-13(9-7-12)16(17,18)19/h6-9H,3-5,10-11H2,1-2H3. The van der Waals surface area contributed by atoms with Crippen LogP contribution >= 0.6 is 0 Å². The van der Waals surface area contributed by atoms with Gasteiger partial charge in [0.2, 0.25) is 5.89 Å². The number of halogens is 3.